The van der Waals surface area contributed by atoms with E-state index in [9.17, 15) is 18.0 Å². The highest BCUT2D eigenvalue weighted by molar-refractivity contribution is 7.86. The van der Waals surface area contributed by atoms with Crippen molar-refractivity contribution in [1.82, 2.24) is 4.90 Å². The second-order valence-corrected chi connectivity index (χ2v) is 6.62. The third-order valence-corrected chi connectivity index (χ3v) is 4.59. The van der Waals surface area contributed by atoms with Gasteiger partial charge in [-0.1, -0.05) is 30.3 Å². The van der Waals surface area contributed by atoms with E-state index < -0.39 is 40.0 Å². The lowest BCUT2D eigenvalue weighted by atomic mass is 10.2. The summed E-state index contributed by atoms with van der Waals surface area (Å²) in [7, 11) is -4.42. The standard InChI is InChI=1S/C13H15NO7S/c15-12(16)11-6-10(22(18,19)20)7-14(11)13(17)21-8-9-4-2-1-3-5-9/h1-5,10-11H,6-8H2,(H,15,16)(H,18,19,20)/t10-,11+/m1/s1. The van der Waals surface area contributed by atoms with Crippen molar-refractivity contribution in [2.45, 2.75) is 24.3 Å². The Morgan fingerprint density at radius 2 is 1.91 bits per heavy atom. The molecule has 1 aliphatic rings. The highest BCUT2D eigenvalue weighted by Crippen LogP contribution is 2.24. The molecule has 0 saturated carbocycles. The fraction of sp³-hybridized carbons (Fsp3) is 0.385. The Morgan fingerprint density at radius 1 is 1.27 bits per heavy atom. The van der Waals surface area contributed by atoms with Crippen LogP contribution in [0.3, 0.4) is 0 Å². The summed E-state index contributed by atoms with van der Waals surface area (Å²) in [5.74, 6) is -1.34. The maximum absolute atomic E-state index is 12.0. The molecule has 0 spiro atoms. The lowest BCUT2D eigenvalue weighted by molar-refractivity contribution is -0.141. The van der Waals surface area contributed by atoms with Gasteiger partial charge in [0.2, 0.25) is 0 Å². The largest absolute Gasteiger partial charge is 0.480 e. The quantitative estimate of drug-likeness (QED) is 0.781. The summed E-state index contributed by atoms with van der Waals surface area (Å²) in [6.45, 7) is -0.470. The van der Waals surface area contributed by atoms with Crippen molar-refractivity contribution in [1.29, 1.82) is 0 Å². The van der Waals surface area contributed by atoms with Crippen LogP contribution in [0.2, 0.25) is 0 Å². The van der Waals surface area contributed by atoms with E-state index in [2.05, 4.69) is 0 Å². The number of benzene rings is 1. The number of aliphatic carboxylic acids is 1. The maximum atomic E-state index is 12.0. The van der Waals surface area contributed by atoms with Crippen LogP contribution < -0.4 is 0 Å². The normalized spacial score (nSPS) is 21.6. The van der Waals surface area contributed by atoms with Gasteiger partial charge in [-0.2, -0.15) is 8.42 Å². The van der Waals surface area contributed by atoms with Gasteiger partial charge < -0.3 is 9.84 Å². The first-order valence-electron chi connectivity index (χ1n) is 6.45. The summed E-state index contributed by atoms with van der Waals surface area (Å²) in [6.07, 6.45) is -1.29. The molecule has 2 rings (SSSR count). The molecule has 2 N–H and O–H groups in total. The molecule has 8 nitrogen and oxygen atoms in total. The fourth-order valence-corrected chi connectivity index (χ4v) is 3.03. The Bertz CT molecular complexity index is 658. The zero-order valence-electron chi connectivity index (χ0n) is 11.5. The number of amides is 1. The Labute approximate surface area is 127 Å². The highest BCUT2D eigenvalue weighted by Gasteiger charge is 2.45. The molecule has 120 valence electrons. The number of carbonyl (C=O) groups excluding carboxylic acids is 1. The van der Waals surface area contributed by atoms with Crippen LogP contribution in [0.5, 0.6) is 0 Å². The zero-order chi connectivity index (χ0) is 16.3. The van der Waals surface area contributed by atoms with Crippen LogP contribution in [-0.2, 0) is 26.3 Å². The van der Waals surface area contributed by atoms with E-state index in [0.717, 1.165) is 4.90 Å². The molecule has 0 unspecified atom stereocenters. The molecule has 0 bridgehead atoms. The van der Waals surface area contributed by atoms with E-state index in [1.54, 1.807) is 30.3 Å². The average Bonchev–Trinajstić information content (AvgIpc) is 2.91. The molecule has 0 radical (unpaired) electrons. The van der Waals surface area contributed by atoms with Crippen molar-refractivity contribution in [3.8, 4) is 0 Å². The number of carboxylic acids is 1. The molecule has 22 heavy (non-hydrogen) atoms. The van der Waals surface area contributed by atoms with Gasteiger partial charge in [0.05, 0.1) is 0 Å². The molecule has 1 aromatic carbocycles. The highest BCUT2D eigenvalue weighted by atomic mass is 32.2. The summed E-state index contributed by atoms with van der Waals surface area (Å²) in [5.41, 5.74) is 0.716. The first-order valence-corrected chi connectivity index (χ1v) is 7.96. The van der Waals surface area contributed by atoms with Crippen molar-refractivity contribution >= 4 is 22.2 Å². The van der Waals surface area contributed by atoms with Crippen molar-refractivity contribution in [3.63, 3.8) is 0 Å². The van der Waals surface area contributed by atoms with Crippen molar-refractivity contribution < 1.29 is 32.4 Å². The van der Waals surface area contributed by atoms with Crippen LogP contribution >= 0.6 is 0 Å². The van der Waals surface area contributed by atoms with Gasteiger partial charge in [0, 0.05) is 6.54 Å². The SMILES string of the molecule is O=C(O)[C@@H]1C[C@@H](S(=O)(=O)O)CN1C(=O)OCc1ccccc1. The Hall–Kier alpha value is -2.13. The molecule has 1 saturated heterocycles. The van der Waals surface area contributed by atoms with Gasteiger partial charge in [-0.05, 0) is 12.0 Å². The van der Waals surface area contributed by atoms with Gasteiger partial charge in [0.25, 0.3) is 10.1 Å². The van der Waals surface area contributed by atoms with Crippen LogP contribution in [0, 0.1) is 0 Å². The van der Waals surface area contributed by atoms with E-state index in [1.807, 2.05) is 0 Å². The van der Waals surface area contributed by atoms with Crippen LogP contribution in [-0.4, -0.2) is 52.9 Å². The summed E-state index contributed by atoms with van der Waals surface area (Å²) in [6, 6.07) is 7.43. The topological polar surface area (TPSA) is 121 Å². The van der Waals surface area contributed by atoms with Crippen LogP contribution in [0.4, 0.5) is 4.79 Å². The number of carbonyl (C=O) groups is 2. The first-order chi connectivity index (χ1) is 10.3. The second kappa shape index (κ2) is 6.32. The maximum Gasteiger partial charge on any atom is 0.410 e. The molecule has 1 heterocycles. The Kier molecular flexibility index (Phi) is 4.67. The first kappa shape index (κ1) is 16.2. The molecule has 2 atom stereocenters. The molecule has 0 aromatic heterocycles. The van der Waals surface area contributed by atoms with Crippen molar-refractivity contribution in [3.05, 3.63) is 35.9 Å². The second-order valence-electron chi connectivity index (χ2n) is 4.92. The average molecular weight is 329 g/mol. The number of hydrogen-bond donors (Lipinski definition) is 2. The summed E-state index contributed by atoms with van der Waals surface area (Å²) in [4.78, 5) is 23.9. The predicted molar refractivity (Wildman–Crippen MR) is 74.7 cm³/mol. The minimum Gasteiger partial charge on any atom is -0.480 e. The number of nitrogens with zero attached hydrogens (tertiary/aromatic N) is 1. The number of rotatable bonds is 4. The van der Waals surface area contributed by atoms with Crippen LogP contribution in [0.25, 0.3) is 0 Å². The van der Waals surface area contributed by atoms with Crippen molar-refractivity contribution in [2.75, 3.05) is 6.54 Å². The van der Waals surface area contributed by atoms with E-state index in [0.29, 0.717) is 5.56 Å². The number of carboxylic acid groups (broad SMARTS) is 1. The van der Waals surface area contributed by atoms with E-state index in [1.165, 1.54) is 0 Å². The molecule has 1 aliphatic heterocycles. The van der Waals surface area contributed by atoms with E-state index >= 15 is 0 Å². The summed E-state index contributed by atoms with van der Waals surface area (Å²) < 4.78 is 36.3. The number of likely N-dealkylation sites (tertiary alicyclic amines) is 1. The summed E-state index contributed by atoms with van der Waals surface area (Å²) in [5, 5.41) is 7.75. The molecule has 1 amide bonds. The Morgan fingerprint density at radius 3 is 2.45 bits per heavy atom. The Balaban J connectivity index is 2.05. The number of ether oxygens (including phenoxy) is 1. The minimum absolute atomic E-state index is 0.0565. The van der Waals surface area contributed by atoms with Crippen LogP contribution in [0.1, 0.15) is 12.0 Å². The molecule has 1 fully saturated rings. The molecule has 1 aromatic rings. The van der Waals surface area contributed by atoms with Gasteiger partial charge in [0.1, 0.15) is 17.9 Å². The van der Waals surface area contributed by atoms with Gasteiger partial charge in [-0.15, -0.1) is 0 Å². The molecular formula is C13H15NO7S. The third kappa shape index (κ3) is 3.74. The third-order valence-electron chi connectivity index (χ3n) is 3.41. The lowest BCUT2D eigenvalue weighted by Crippen LogP contribution is -2.41. The molecular weight excluding hydrogens is 314 g/mol. The molecule has 9 heteroatoms. The van der Waals surface area contributed by atoms with E-state index in [4.69, 9.17) is 14.4 Å². The predicted octanol–water partition coefficient (Wildman–Crippen LogP) is 0.738. The van der Waals surface area contributed by atoms with Gasteiger partial charge in [-0.25, -0.2) is 9.59 Å². The van der Waals surface area contributed by atoms with Gasteiger partial charge in [0.15, 0.2) is 0 Å². The van der Waals surface area contributed by atoms with Gasteiger partial charge >= 0.3 is 12.1 Å². The van der Waals surface area contributed by atoms with E-state index in [-0.39, 0.29) is 13.0 Å². The summed E-state index contributed by atoms with van der Waals surface area (Å²) >= 11 is 0. The zero-order valence-corrected chi connectivity index (χ0v) is 12.3. The number of hydrogen-bond acceptors (Lipinski definition) is 5. The molecule has 0 aliphatic carbocycles. The smallest absolute Gasteiger partial charge is 0.410 e. The minimum atomic E-state index is -4.42. The van der Waals surface area contributed by atoms with Crippen LogP contribution in [0.15, 0.2) is 30.3 Å². The monoisotopic (exact) mass is 329 g/mol. The van der Waals surface area contributed by atoms with Gasteiger partial charge in [-0.3, -0.25) is 9.45 Å². The fourth-order valence-electron chi connectivity index (χ4n) is 2.25. The van der Waals surface area contributed by atoms with Crippen molar-refractivity contribution in [2.24, 2.45) is 0 Å². The lowest BCUT2D eigenvalue weighted by Gasteiger charge is -2.20.